The Labute approximate surface area is 166 Å². The van der Waals surface area contributed by atoms with Gasteiger partial charge in [-0.15, -0.1) is 0 Å². The molecule has 150 valence electrons. The Hall–Kier alpha value is -3.02. The number of hydrogen-bond acceptors (Lipinski definition) is 4. The van der Waals surface area contributed by atoms with Crippen LogP contribution in [0.1, 0.15) is 42.6 Å². The second kappa shape index (κ2) is 11.6. The predicted octanol–water partition coefficient (Wildman–Crippen LogP) is 4.41. The number of unbranched alkanes of at least 4 members (excludes halogenated alkanes) is 1. The molecular formula is C22H28N2O4. The molecule has 2 N–H and O–H groups in total. The molecule has 0 heterocycles. The van der Waals surface area contributed by atoms with Crippen molar-refractivity contribution in [3.05, 3.63) is 59.7 Å². The summed E-state index contributed by atoms with van der Waals surface area (Å²) in [5.41, 5.74) is 2.13. The van der Waals surface area contributed by atoms with E-state index >= 15 is 0 Å². The third-order valence-corrected chi connectivity index (χ3v) is 4.06. The van der Waals surface area contributed by atoms with Crippen LogP contribution in [-0.2, 0) is 11.2 Å². The van der Waals surface area contributed by atoms with E-state index in [9.17, 15) is 9.59 Å². The normalized spacial score (nSPS) is 10.2. The molecule has 0 fully saturated rings. The highest BCUT2D eigenvalue weighted by atomic mass is 16.5. The van der Waals surface area contributed by atoms with Gasteiger partial charge in [0.1, 0.15) is 5.75 Å². The number of rotatable bonds is 10. The van der Waals surface area contributed by atoms with E-state index in [4.69, 9.17) is 9.47 Å². The minimum Gasteiger partial charge on any atom is -0.494 e. The molecule has 28 heavy (non-hydrogen) atoms. The summed E-state index contributed by atoms with van der Waals surface area (Å²) < 4.78 is 10.7. The van der Waals surface area contributed by atoms with Crippen molar-refractivity contribution in [2.45, 2.75) is 33.1 Å². The Kier molecular flexibility index (Phi) is 8.85. The molecule has 0 saturated heterocycles. The number of amides is 2. The molecule has 0 atom stereocenters. The highest BCUT2D eigenvalue weighted by molar-refractivity contribution is 5.92. The molecular weight excluding hydrogens is 356 g/mol. The average Bonchev–Trinajstić information content (AvgIpc) is 2.70. The number of carbonyl (C=O) groups is 2. The van der Waals surface area contributed by atoms with E-state index in [1.807, 2.05) is 38.1 Å². The zero-order chi connectivity index (χ0) is 20.2. The first kappa shape index (κ1) is 21.3. The van der Waals surface area contributed by atoms with E-state index in [0.29, 0.717) is 37.4 Å². The molecule has 0 unspecified atom stereocenters. The fraction of sp³-hybridized carbons (Fsp3) is 0.364. The highest BCUT2D eigenvalue weighted by Crippen LogP contribution is 2.18. The van der Waals surface area contributed by atoms with Gasteiger partial charge in [-0.1, -0.05) is 31.5 Å². The van der Waals surface area contributed by atoms with Crippen molar-refractivity contribution in [1.29, 1.82) is 0 Å². The van der Waals surface area contributed by atoms with Crippen LogP contribution < -0.4 is 15.4 Å². The van der Waals surface area contributed by atoms with Crippen LogP contribution in [0, 0.1) is 0 Å². The van der Waals surface area contributed by atoms with E-state index in [-0.39, 0.29) is 12.0 Å². The second-order valence-electron chi connectivity index (χ2n) is 6.24. The Morgan fingerprint density at radius 3 is 2.46 bits per heavy atom. The summed E-state index contributed by atoms with van der Waals surface area (Å²) in [6.07, 6.45) is 2.50. The Balaban J connectivity index is 1.78. The first-order valence-electron chi connectivity index (χ1n) is 9.66. The minimum absolute atomic E-state index is 0.299. The third-order valence-electron chi connectivity index (χ3n) is 4.06. The van der Waals surface area contributed by atoms with Gasteiger partial charge in [-0.3, -0.25) is 0 Å². The van der Waals surface area contributed by atoms with Crippen LogP contribution in [0.4, 0.5) is 10.5 Å². The molecule has 0 saturated carbocycles. The zero-order valence-electron chi connectivity index (χ0n) is 16.5. The maximum atomic E-state index is 12.1. The van der Waals surface area contributed by atoms with Crippen LogP contribution in [0.15, 0.2) is 48.5 Å². The first-order chi connectivity index (χ1) is 13.6. The standard InChI is InChI=1S/C22H28N2O4/c1-3-5-16-28-21(25)18-10-12-19(13-11-18)24-22(26)23-15-14-17-8-6-7-9-20(17)27-4-2/h6-13H,3-5,14-16H2,1-2H3,(H2,23,24,26). The Bertz CT molecular complexity index is 759. The van der Waals surface area contributed by atoms with Crippen molar-refractivity contribution in [2.75, 3.05) is 25.1 Å². The summed E-state index contributed by atoms with van der Waals surface area (Å²) >= 11 is 0. The topological polar surface area (TPSA) is 76.7 Å². The summed E-state index contributed by atoms with van der Waals surface area (Å²) in [5.74, 6) is 0.492. The number of urea groups is 1. The molecule has 0 aromatic heterocycles. The van der Waals surface area contributed by atoms with Crippen molar-refractivity contribution in [1.82, 2.24) is 5.32 Å². The maximum absolute atomic E-state index is 12.1. The van der Waals surface area contributed by atoms with Crippen LogP contribution in [-0.4, -0.2) is 31.8 Å². The number of esters is 1. The number of anilines is 1. The van der Waals surface area contributed by atoms with Crippen LogP contribution in [0.5, 0.6) is 5.75 Å². The number of carbonyl (C=O) groups excluding carboxylic acids is 2. The fourth-order valence-corrected chi connectivity index (χ4v) is 2.57. The average molecular weight is 384 g/mol. The number of ether oxygens (including phenoxy) is 2. The lowest BCUT2D eigenvalue weighted by molar-refractivity contribution is 0.0500. The van der Waals surface area contributed by atoms with Gasteiger partial charge in [0.25, 0.3) is 0 Å². The van der Waals surface area contributed by atoms with Gasteiger partial charge < -0.3 is 20.1 Å². The first-order valence-corrected chi connectivity index (χ1v) is 9.66. The van der Waals surface area contributed by atoms with Crippen LogP contribution in [0.2, 0.25) is 0 Å². The lowest BCUT2D eigenvalue weighted by atomic mass is 10.1. The van der Waals surface area contributed by atoms with E-state index in [1.54, 1.807) is 24.3 Å². The largest absolute Gasteiger partial charge is 0.494 e. The summed E-state index contributed by atoms with van der Waals surface area (Å²) in [4.78, 5) is 23.9. The zero-order valence-corrected chi connectivity index (χ0v) is 16.5. The monoisotopic (exact) mass is 384 g/mol. The minimum atomic E-state index is -0.350. The molecule has 0 aliphatic heterocycles. The van der Waals surface area contributed by atoms with E-state index in [2.05, 4.69) is 10.6 Å². The highest BCUT2D eigenvalue weighted by Gasteiger charge is 2.08. The molecule has 0 aliphatic carbocycles. The molecule has 2 amide bonds. The molecule has 0 spiro atoms. The van der Waals surface area contributed by atoms with Gasteiger partial charge in [-0.05, 0) is 55.7 Å². The molecule has 0 bridgehead atoms. The summed E-state index contributed by atoms with van der Waals surface area (Å²) in [6.45, 7) is 5.49. The number of hydrogen-bond donors (Lipinski definition) is 2. The number of benzene rings is 2. The molecule has 2 rings (SSSR count). The Morgan fingerprint density at radius 2 is 1.75 bits per heavy atom. The maximum Gasteiger partial charge on any atom is 0.338 e. The number of nitrogens with one attached hydrogen (secondary N) is 2. The van der Waals surface area contributed by atoms with E-state index < -0.39 is 0 Å². The molecule has 0 radical (unpaired) electrons. The van der Waals surface area contributed by atoms with Gasteiger partial charge >= 0.3 is 12.0 Å². The molecule has 0 aliphatic rings. The summed E-state index contributed by atoms with van der Waals surface area (Å²) in [7, 11) is 0. The van der Waals surface area contributed by atoms with Gasteiger partial charge in [0.15, 0.2) is 0 Å². The van der Waals surface area contributed by atoms with Gasteiger partial charge in [-0.2, -0.15) is 0 Å². The SMILES string of the molecule is CCCCOC(=O)c1ccc(NC(=O)NCCc2ccccc2OCC)cc1. The Morgan fingerprint density at radius 1 is 1.00 bits per heavy atom. The molecule has 2 aromatic carbocycles. The molecule has 6 heteroatoms. The van der Waals surface area contributed by atoms with Gasteiger partial charge in [0.05, 0.1) is 18.8 Å². The van der Waals surface area contributed by atoms with Crippen molar-refractivity contribution < 1.29 is 19.1 Å². The third kappa shape index (κ3) is 6.95. The lowest BCUT2D eigenvalue weighted by Crippen LogP contribution is -2.30. The van der Waals surface area contributed by atoms with Gasteiger partial charge in [0, 0.05) is 12.2 Å². The molecule has 6 nitrogen and oxygen atoms in total. The summed E-state index contributed by atoms with van der Waals surface area (Å²) in [5, 5.41) is 5.58. The van der Waals surface area contributed by atoms with Gasteiger partial charge in [0.2, 0.25) is 0 Å². The predicted molar refractivity (Wildman–Crippen MR) is 110 cm³/mol. The van der Waals surface area contributed by atoms with Crippen LogP contribution >= 0.6 is 0 Å². The second-order valence-corrected chi connectivity index (χ2v) is 6.24. The van der Waals surface area contributed by atoms with Crippen molar-refractivity contribution >= 4 is 17.7 Å². The molecule has 2 aromatic rings. The fourth-order valence-electron chi connectivity index (χ4n) is 2.57. The van der Waals surface area contributed by atoms with Crippen LogP contribution in [0.25, 0.3) is 0 Å². The van der Waals surface area contributed by atoms with Crippen molar-refractivity contribution in [3.63, 3.8) is 0 Å². The summed E-state index contributed by atoms with van der Waals surface area (Å²) in [6, 6.07) is 14.1. The van der Waals surface area contributed by atoms with Gasteiger partial charge in [-0.25, -0.2) is 9.59 Å². The lowest BCUT2D eigenvalue weighted by Gasteiger charge is -2.11. The van der Waals surface area contributed by atoms with Crippen molar-refractivity contribution in [2.24, 2.45) is 0 Å². The smallest absolute Gasteiger partial charge is 0.338 e. The van der Waals surface area contributed by atoms with E-state index in [1.165, 1.54) is 0 Å². The number of para-hydroxylation sites is 1. The quantitative estimate of drug-likeness (QED) is 0.470. The van der Waals surface area contributed by atoms with Crippen molar-refractivity contribution in [3.8, 4) is 5.75 Å². The van der Waals surface area contributed by atoms with Crippen LogP contribution in [0.3, 0.4) is 0 Å². The van der Waals surface area contributed by atoms with E-state index in [0.717, 1.165) is 24.2 Å².